The predicted molar refractivity (Wildman–Crippen MR) is 154 cm³/mol. The van der Waals surface area contributed by atoms with Crippen molar-refractivity contribution in [3.8, 4) is 5.75 Å². The lowest BCUT2D eigenvalue weighted by Gasteiger charge is -2.38. The normalized spacial score (nSPS) is 17.0. The summed E-state index contributed by atoms with van der Waals surface area (Å²) in [5.74, 6) is -1.59. The number of halogens is 1. The Balaban J connectivity index is 2.15. The molecule has 1 aliphatic rings. The van der Waals surface area contributed by atoms with Crippen LogP contribution in [-0.4, -0.2) is 50.5 Å². The SMILES string of the molecule is CCOC(=O)C1(C(=O)OCC)C(c2ccc(OC)cc2)=C(Br)C(c2ccccc2)N1S(=O)(=O)c1ccc(C)cc1. The lowest BCUT2D eigenvalue weighted by Crippen LogP contribution is -2.61. The summed E-state index contributed by atoms with van der Waals surface area (Å²) in [5.41, 5.74) is -0.608. The van der Waals surface area contributed by atoms with Gasteiger partial charge < -0.3 is 14.2 Å². The molecule has 1 atom stereocenters. The second-order valence-corrected chi connectivity index (χ2v) is 11.7. The Morgan fingerprint density at radius 2 is 1.43 bits per heavy atom. The molecule has 3 aromatic rings. The van der Waals surface area contributed by atoms with Crippen LogP contribution in [-0.2, 0) is 29.1 Å². The molecule has 0 saturated heterocycles. The van der Waals surface area contributed by atoms with Crippen LogP contribution in [0.5, 0.6) is 5.75 Å². The van der Waals surface area contributed by atoms with Crippen LogP contribution >= 0.6 is 15.9 Å². The van der Waals surface area contributed by atoms with Crippen molar-refractivity contribution >= 4 is 43.5 Å². The summed E-state index contributed by atoms with van der Waals surface area (Å²) in [7, 11) is -3.02. The average molecular weight is 629 g/mol. The van der Waals surface area contributed by atoms with Crippen molar-refractivity contribution in [1.82, 2.24) is 4.31 Å². The number of benzene rings is 3. The van der Waals surface area contributed by atoms with Crippen LogP contribution in [0.15, 0.2) is 88.2 Å². The van der Waals surface area contributed by atoms with Gasteiger partial charge in [-0.25, -0.2) is 18.0 Å². The molecule has 4 rings (SSSR count). The van der Waals surface area contributed by atoms with E-state index in [-0.39, 0.29) is 23.7 Å². The van der Waals surface area contributed by atoms with Crippen LogP contribution in [0.3, 0.4) is 0 Å². The standard InChI is InChI=1S/C30H30BrNO7S/c1-5-38-28(33)30(29(34)39-6-2)25(21-14-16-23(37-4)17-15-21)26(31)27(22-10-8-7-9-11-22)32(30)40(35,36)24-18-12-20(3)13-19-24/h7-19,27H,5-6H2,1-4H3. The summed E-state index contributed by atoms with van der Waals surface area (Å²) in [4.78, 5) is 28.2. The number of nitrogens with zero attached hydrogens (tertiary/aromatic N) is 1. The van der Waals surface area contributed by atoms with Gasteiger partial charge in [0.05, 0.1) is 31.3 Å². The van der Waals surface area contributed by atoms with E-state index in [0.717, 1.165) is 9.87 Å². The van der Waals surface area contributed by atoms with E-state index < -0.39 is 33.5 Å². The summed E-state index contributed by atoms with van der Waals surface area (Å²) in [6.07, 6.45) is 0. The van der Waals surface area contributed by atoms with E-state index in [4.69, 9.17) is 14.2 Å². The zero-order valence-electron chi connectivity index (χ0n) is 22.6. The number of hydrogen-bond donors (Lipinski definition) is 0. The molecule has 40 heavy (non-hydrogen) atoms. The average Bonchev–Trinajstić information content (AvgIpc) is 3.24. The molecule has 0 spiro atoms. The molecule has 1 unspecified atom stereocenters. The van der Waals surface area contributed by atoms with Gasteiger partial charge in [-0.05, 0) is 56.2 Å². The Bertz CT molecular complexity index is 1500. The minimum Gasteiger partial charge on any atom is -0.497 e. The molecule has 1 heterocycles. The number of carbonyl (C=O) groups is 2. The fraction of sp³-hybridized carbons (Fsp3) is 0.267. The maximum atomic E-state index is 14.6. The zero-order chi connectivity index (χ0) is 29.1. The molecule has 0 fully saturated rings. The first-order valence-electron chi connectivity index (χ1n) is 12.7. The first kappa shape index (κ1) is 29.5. The minimum absolute atomic E-state index is 0.0896. The van der Waals surface area contributed by atoms with Gasteiger partial charge in [-0.15, -0.1) is 0 Å². The second kappa shape index (κ2) is 12.0. The number of carbonyl (C=O) groups excluding carboxylic acids is 2. The van der Waals surface area contributed by atoms with Crippen LogP contribution in [0, 0.1) is 6.92 Å². The number of methoxy groups -OCH3 is 1. The van der Waals surface area contributed by atoms with Gasteiger partial charge in [-0.1, -0.05) is 76.1 Å². The van der Waals surface area contributed by atoms with Gasteiger partial charge in [0.25, 0.3) is 5.54 Å². The predicted octanol–water partition coefficient (Wildman–Crippen LogP) is 5.42. The minimum atomic E-state index is -4.54. The summed E-state index contributed by atoms with van der Waals surface area (Å²) in [6.45, 7) is 4.82. The Morgan fingerprint density at radius 3 is 1.93 bits per heavy atom. The quantitative estimate of drug-likeness (QED) is 0.231. The van der Waals surface area contributed by atoms with E-state index in [0.29, 0.717) is 21.4 Å². The van der Waals surface area contributed by atoms with Gasteiger partial charge in [0.2, 0.25) is 10.0 Å². The highest BCUT2D eigenvalue weighted by Crippen LogP contribution is 2.56. The summed E-state index contributed by atoms with van der Waals surface area (Å²) < 4.78 is 46.8. The number of esters is 2. The molecule has 0 radical (unpaired) electrons. The molecular formula is C30H30BrNO7S. The molecule has 0 aromatic heterocycles. The van der Waals surface area contributed by atoms with Gasteiger partial charge in [-0.2, -0.15) is 4.31 Å². The zero-order valence-corrected chi connectivity index (χ0v) is 25.0. The van der Waals surface area contributed by atoms with E-state index in [1.165, 1.54) is 19.2 Å². The number of rotatable bonds is 9. The van der Waals surface area contributed by atoms with Gasteiger partial charge in [0.15, 0.2) is 0 Å². The highest BCUT2D eigenvalue weighted by molar-refractivity contribution is 9.11. The summed E-state index contributed by atoms with van der Waals surface area (Å²) in [6, 6.07) is 20.6. The van der Waals surface area contributed by atoms with Crippen molar-refractivity contribution in [2.75, 3.05) is 20.3 Å². The first-order valence-corrected chi connectivity index (χ1v) is 14.9. The number of ether oxygens (including phenoxy) is 3. The van der Waals surface area contributed by atoms with Crippen LogP contribution in [0.1, 0.15) is 36.6 Å². The molecule has 8 nitrogen and oxygen atoms in total. The third-order valence-corrected chi connectivity index (χ3v) is 9.32. The summed E-state index contributed by atoms with van der Waals surface area (Å²) >= 11 is 3.64. The van der Waals surface area contributed by atoms with Crippen LogP contribution in [0.25, 0.3) is 5.57 Å². The van der Waals surface area contributed by atoms with E-state index in [1.807, 2.05) is 6.92 Å². The Labute approximate surface area is 242 Å². The fourth-order valence-electron chi connectivity index (χ4n) is 4.82. The molecule has 210 valence electrons. The van der Waals surface area contributed by atoms with Gasteiger partial charge >= 0.3 is 11.9 Å². The molecule has 3 aromatic carbocycles. The van der Waals surface area contributed by atoms with E-state index in [9.17, 15) is 18.0 Å². The number of hydrogen-bond acceptors (Lipinski definition) is 7. The number of aryl methyl sites for hydroxylation is 1. The molecule has 0 saturated carbocycles. The van der Waals surface area contributed by atoms with Gasteiger partial charge in [0, 0.05) is 10.1 Å². The first-order chi connectivity index (χ1) is 19.1. The molecule has 0 aliphatic carbocycles. The monoisotopic (exact) mass is 627 g/mol. The molecular weight excluding hydrogens is 598 g/mol. The maximum Gasteiger partial charge on any atom is 0.344 e. The molecule has 0 N–H and O–H groups in total. The highest BCUT2D eigenvalue weighted by atomic mass is 79.9. The Kier molecular flexibility index (Phi) is 8.82. The molecule has 0 amide bonds. The second-order valence-electron chi connectivity index (χ2n) is 9.03. The number of sulfonamides is 1. The summed E-state index contributed by atoms with van der Waals surface area (Å²) in [5, 5.41) is 0. The van der Waals surface area contributed by atoms with Crippen molar-refractivity contribution in [2.24, 2.45) is 0 Å². The van der Waals surface area contributed by atoms with Crippen molar-refractivity contribution in [1.29, 1.82) is 0 Å². The van der Waals surface area contributed by atoms with Crippen molar-refractivity contribution < 1.29 is 32.2 Å². The largest absolute Gasteiger partial charge is 0.497 e. The van der Waals surface area contributed by atoms with E-state index in [1.54, 1.807) is 80.6 Å². The van der Waals surface area contributed by atoms with Crippen LogP contribution < -0.4 is 4.74 Å². The van der Waals surface area contributed by atoms with Crippen molar-refractivity contribution in [3.05, 3.63) is 100 Å². The van der Waals surface area contributed by atoms with E-state index in [2.05, 4.69) is 15.9 Å². The topological polar surface area (TPSA) is 99.2 Å². The van der Waals surface area contributed by atoms with Crippen LogP contribution in [0.4, 0.5) is 0 Å². The van der Waals surface area contributed by atoms with Gasteiger partial charge in [-0.3, -0.25) is 0 Å². The third-order valence-electron chi connectivity index (χ3n) is 6.62. The molecule has 1 aliphatic heterocycles. The molecule has 0 bridgehead atoms. The van der Waals surface area contributed by atoms with E-state index >= 15 is 0 Å². The highest BCUT2D eigenvalue weighted by Gasteiger charge is 2.68. The third kappa shape index (κ3) is 4.95. The smallest absolute Gasteiger partial charge is 0.344 e. The molecule has 10 heteroatoms. The van der Waals surface area contributed by atoms with Crippen LogP contribution in [0.2, 0.25) is 0 Å². The van der Waals surface area contributed by atoms with Crippen molar-refractivity contribution in [2.45, 2.75) is 37.2 Å². The fourth-order valence-corrected chi connectivity index (χ4v) is 7.75. The lowest BCUT2D eigenvalue weighted by atomic mass is 9.86. The van der Waals surface area contributed by atoms with Crippen molar-refractivity contribution in [3.63, 3.8) is 0 Å². The maximum absolute atomic E-state index is 14.6. The Hall–Kier alpha value is -3.47. The lowest BCUT2D eigenvalue weighted by molar-refractivity contribution is -0.166. The Morgan fingerprint density at radius 1 is 0.875 bits per heavy atom. The van der Waals surface area contributed by atoms with Gasteiger partial charge in [0.1, 0.15) is 5.75 Å².